The number of amidine groups is 1. The van der Waals surface area contributed by atoms with Crippen LogP contribution in [0.1, 0.15) is 34.1 Å². The maximum Gasteiger partial charge on any atom is 0.0984 e. The molecule has 0 aliphatic carbocycles. The Morgan fingerprint density at radius 1 is 1.43 bits per heavy atom. The maximum absolute atomic E-state index is 7.94. The summed E-state index contributed by atoms with van der Waals surface area (Å²) in [5, 5.41) is 7.94. The fraction of sp³-hybridized carbons (Fsp3) is 0.909. The van der Waals surface area contributed by atoms with Crippen molar-refractivity contribution in [1.82, 2.24) is 4.90 Å². The molecule has 82 valence electrons. The summed E-state index contributed by atoms with van der Waals surface area (Å²) in [7, 11) is 2.00. The monoisotopic (exact) mass is 198 g/mol. The number of ether oxygens (including phenoxy) is 1. The van der Waals surface area contributed by atoms with Gasteiger partial charge in [0, 0.05) is 13.0 Å². The van der Waals surface area contributed by atoms with Crippen LogP contribution in [0, 0.1) is 11.3 Å². The molecule has 3 atom stereocenters. The van der Waals surface area contributed by atoms with E-state index in [1.54, 1.807) is 0 Å². The Hall–Kier alpha value is -0.570. The first-order chi connectivity index (χ1) is 6.43. The van der Waals surface area contributed by atoms with Crippen LogP contribution in [0.15, 0.2) is 0 Å². The van der Waals surface area contributed by atoms with Gasteiger partial charge in [-0.15, -0.1) is 0 Å². The quantitative estimate of drug-likeness (QED) is 0.545. The van der Waals surface area contributed by atoms with Crippen molar-refractivity contribution in [2.45, 2.75) is 52.4 Å². The van der Waals surface area contributed by atoms with Gasteiger partial charge in [0.15, 0.2) is 0 Å². The molecule has 0 aromatic carbocycles. The number of nitrogens with one attached hydrogen (secondary N) is 1. The second-order valence-electron chi connectivity index (χ2n) is 4.61. The highest BCUT2D eigenvalue weighted by Gasteiger charge is 2.33. The Morgan fingerprint density at radius 2 is 2.00 bits per heavy atom. The molecule has 0 aromatic heterocycles. The Bertz CT molecular complexity index is 215. The molecule has 0 spiro atoms. The Balaban J connectivity index is 2.61. The Morgan fingerprint density at radius 3 is 2.36 bits per heavy atom. The van der Waals surface area contributed by atoms with E-state index in [0.717, 1.165) is 6.42 Å². The first kappa shape index (κ1) is 11.5. The van der Waals surface area contributed by atoms with Crippen molar-refractivity contribution in [2.75, 3.05) is 7.05 Å². The van der Waals surface area contributed by atoms with E-state index in [2.05, 4.69) is 32.6 Å². The molecule has 1 aliphatic rings. The van der Waals surface area contributed by atoms with Crippen LogP contribution < -0.4 is 0 Å². The van der Waals surface area contributed by atoms with Gasteiger partial charge in [-0.3, -0.25) is 5.41 Å². The third-order valence-electron chi connectivity index (χ3n) is 2.99. The first-order valence-electron chi connectivity index (χ1n) is 5.40. The average molecular weight is 198 g/mol. The molecular weight excluding hydrogens is 176 g/mol. The van der Waals surface area contributed by atoms with Crippen LogP contribution in [-0.4, -0.2) is 36.0 Å². The second-order valence-corrected chi connectivity index (χ2v) is 4.61. The van der Waals surface area contributed by atoms with Crippen molar-refractivity contribution in [3.8, 4) is 0 Å². The molecular formula is C11H22N2O. The van der Waals surface area contributed by atoms with Gasteiger partial charge >= 0.3 is 0 Å². The van der Waals surface area contributed by atoms with Crippen molar-refractivity contribution in [1.29, 1.82) is 5.41 Å². The lowest BCUT2D eigenvalue weighted by Crippen LogP contribution is -2.42. The van der Waals surface area contributed by atoms with E-state index >= 15 is 0 Å². The van der Waals surface area contributed by atoms with Gasteiger partial charge in [0.25, 0.3) is 0 Å². The van der Waals surface area contributed by atoms with Gasteiger partial charge in [-0.25, -0.2) is 0 Å². The number of rotatable bonds is 2. The third-order valence-corrected chi connectivity index (χ3v) is 2.99. The average Bonchev–Trinajstić information content (AvgIpc) is 2.42. The van der Waals surface area contributed by atoms with Crippen molar-refractivity contribution in [3.05, 3.63) is 0 Å². The highest BCUT2D eigenvalue weighted by atomic mass is 16.5. The lowest BCUT2D eigenvalue weighted by Gasteiger charge is -2.30. The Kier molecular flexibility index (Phi) is 3.53. The maximum atomic E-state index is 7.94. The Labute approximate surface area is 86.9 Å². The van der Waals surface area contributed by atoms with E-state index < -0.39 is 0 Å². The van der Waals surface area contributed by atoms with E-state index in [-0.39, 0.29) is 6.10 Å². The molecule has 0 bridgehead atoms. The summed E-state index contributed by atoms with van der Waals surface area (Å²) in [6.45, 7) is 8.31. The third kappa shape index (κ3) is 2.27. The molecule has 0 saturated carbocycles. The van der Waals surface area contributed by atoms with Gasteiger partial charge in [-0.1, -0.05) is 13.8 Å². The molecule has 3 heteroatoms. The zero-order valence-electron chi connectivity index (χ0n) is 9.87. The van der Waals surface area contributed by atoms with E-state index in [0.29, 0.717) is 23.9 Å². The van der Waals surface area contributed by atoms with E-state index in [9.17, 15) is 0 Å². The van der Waals surface area contributed by atoms with Crippen LogP contribution in [-0.2, 0) is 4.74 Å². The largest absolute Gasteiger partial charge is 0.373 e. The van der Waals surface area contributed by atoms with E-state index in [1.807, 2.05) is 7.05 Å². The molecule has 0 amide bonds. The van der Waals surface area contributed by atoms with Crippen molar-refractivity contribution < 1.29 is 4.74 Å². The van der Waals surface area contributed by atoms with Crippen LogP contribution >= 0.6 is 0 Å². The summed E-state index contributed by atoms with van der Waals surface area (Å²) in [6.07, 6.45) is 1.61. The predicted molar refractivity (Wildman–Crippen MR) is 58.7 cm³/mol. The van der Waals surface area contributed by atoms with Crippen molar-refractivity contribution in [2.24, 2.45) is 5.92 Å². The number of hydrogen-bond donors (Lipinski definition) is 1. The van der Waals surface area contributed by atoms with Crippen LogP contribution in [0.25, 0.3) is 0 Å². The van der Waals surface area contributed by atoms with Gasteiger partial charge in [-0.05, 0) is 20.3 Å². The number of nitrogens with zero attached hydrogens (tertiary/aromatic N) is 1. The molecule has 0 radical (unpaired) electrons. The number of hydrogen-bond acceptors (Lipinski definition) is 2. The zero-order valence-corrected chi connectivity index (χ0v) is 9.87. The minimum Gasteiger partial charge on any atom is -0.373 e. The summed E-state index contributed by atoms with van der Waals surface area (Å²) in [5.41, 5.74) is 0. The summed E-state index contributed by atoms with van der Waals surface area (Å²) >= 11 is 0. The standard InChI is InChI=1S/C11H22N2O/c1-7(2)11(12)13(5)10-6-8(3)14-9(10)4/h7-10,12H,6H2,1-5H3. The fourth-order valence-corrected chi connectivity index (χ4v) is 2.10. The molecule has 1 fully saturated rings. The van der Waals surface area contributed by atoms with E-state index in [4.69, 9.17) is 10.1 Å². The van der Waals surface area contributed by atoms with Crippen molar-refractivity contribution >= 4 is 5.84 Å². The summed E-state index contributed by atoms with van der Waals surface area (Å²) in [5.74, 6) is 1.00. The fourth-order valence-electron chi connectivity index (χ4n) is 2.10. The molecule has 1 aliphatic heterocycles. The van der Waals surface area contributed by atoms with Gasteiger partial charge in [0.05, 0.1) is 24.1 Å². The molecule has 3 nitrogen and oxygen atoms in total. The predicted octanol–water partition coefficient (Wildman–Crippen LogP) is 2.12. The van der Waals surface area contributed by atoms with E-state index in [1.165, 1.54) is 0 Å². The lowest BCUT2D eigenvalue weighted by atomic mass is 10.1. The summed E-state index contributed by atoms with van der Waals surface area (Å²) < 4.78 is 5.69. The molecule has 0 aromatic rings. The molecule has 1 N–H and O–H groups in total. The van der Waals surface area contributed by atoms with Gasteiger partial charge < -0.3 is 9.64 Å². The van der Waals surface area contributed by atoms with Crippen LogP contribution in [0.2, 0.25) is 0 Å². The van der Waals surface area contributed by atoms with Gasteiger partial charge in [0.1, 0.15) is 0 Å². The van der Waals surface area contributed by atoms with Gasteiger partial charge in [0.2, 0.25) is 0 Å². The van der Waals surface area contributed by atoms with Crippen molar-refractivity contribution in [3.63, 3.8) is 0 Å². The molecule has 14 heavy (non-hydrogen) atoms. The molecule has 1 rings (SSSR count). The van der Waals surface area contributed by atoms with Gasteiger partial charge in [-0.2, -0.15) is 0 Å². The highest BCUT2D eigenvalue weighted by Crippen LogP contribution is 2.24. The minimum atomic E-state index is 0.245. The number of likely N-dealkylation sites (N-methyl/N-ethyl adjacent to an activating group) is 1. The van der Waals surface area contributed by atoms with Crippen LogP contribution in [0.4, 0.5) is 0 Å². The first-order valence-corrected chi connectivity index (χ1v) is 5.40. The lowest BCUT2D eigenvalue weighted by molar-refractivity contribution is 0.0532. The summed E-state index contributed by atoms with van der Waals surface area (Å²) in [6, 6.07) is 0.375. The molecule has 1 saturated heterocycles. The smallest absolute Gasteiger partial charge is 0.0984 e. The normalized spacial score (nSPS) is 32.3. The highest BCUT2D eigenvalue weighted by molar-refractivity contribution is 5.81. The zero-order chi connectivity index (χ0) is 10.9. The summed E-state index contributed by atoms with van der Waals surface area (Å²) in [4.78, 5) is 2.07. The van der Waals surface area contributed by atoms with Crippen LogP contribution in [0.5, 0.6) is 0 Å². The minimum absolute atomic E-state index is 0.245. The molecule has 1 heterocycles. The second kappa shape index (κ2) is 4.30. The topological polar surface area (TPSA) is 36.3 Å². The molecule has 3 unspecified atom stereocenters. The van der Waals surface area contributed by atoms with Crippen LogP contribution in [0.3, 0.4) is 0 Å². The SMILES string of the molecule is CC1CC(N(C)C(=N)C(C)C)C(C)O1.